The molecule has 2 aliphatic rings. The second kappa shape index (κ2) is 4.58. The maximum absolute atomic E-state index is 4.60. The van der Waals surface area contributed by atoms with Crippen LogP contribution >= 0.6 is 11.3 Å². The lowest BCUT2D eigenvalue weighted by Gasteiger charge is -2.15. The van der Waals surface area contributed by atoms with Crippen LogP contribution in [0.4, 0.5) is 0 Å². The Labute approximate surface area is 117 Å². The average molecular weight is 276 g/mol. The number of nitrogens with zero attached hydrogens (tertiary/aromatic N) is 3. The smallest absolute Gasteiger partial charge is 0.194 e. The van der Waals surface area contributed by atoms with Crippen LogP contribution in [0.5, 0.6) is 0 Å². The van der Waals surface area contributed by atoms with Crippen molar-refractivity contribution in [2.75, 3.05) is 13.1 Å². The highest BCUT2D eigenvalue weighted by Gasteiger charge is 2.34. The molecule has 1 N–H and O–H groups in total. The second-order valence-corrected chi connectivity index (χ2v) is 6.67. The summed E-state index contributed by atoms with van der Waals surface area (Å²) in [5.74, 6) is 0. The number of fused-ring (bicyclic) bond motifs is 1. The normalized spacial score (nSPS) is 24.6. The summed E-state index contributed by atoms with van der Waals surface area (Å²) >= 11 is 1.71. The molecule has 19 heavy (non-hydrogen) atoms. The zero-order valence-corrected chi connectivity index (χ0v) is 12.1. The molecule has 2 fully saturated rings. The van der Waals surface area contributed by atoms with Crippen LogP contribution in [0.15, 0.2) is 11.6 Å². The molecule has 102 valence electrons. The van der Waals surface area contributed by atoms with Crippen molar-refractivity contribution in [3.05, 3.63) is 23.0 Å². The topological polar surface area (TPSA) is 32.6 Å². The molecule has 4 nitrogen and oxygen atoms in total. The molecule has 0 radical (unpaired) electrons. The van der Waals surface area contributed by atoms with E-state index in [1.165, 1.54) is 38.0 Å². The van der Waals surface area contributed by atoms with Crippen molar-refractivity contribution in [2.24, 2.45) is 0 Å². The predicted octanol–water partition coefficient (Wildman–Crippen LogP) is 2.03. The van der Waals surface area contributed by atoms with Crippen molar-refractivity contribution < 1.29 is 0 Å². The molecule has 2 aromatic heterocycles. The highest BCUT2D eigenvalue weighted by molar-refractivity contribution is 7.15. The van der Waals surface area contributed by atoms with Gasteiger partial charge in [0.05, 0.1) is 11.4 Å². The van der Waals surface area contributed by atoms with Crippen molar-refractivity contribution in [2.45, 2.75) is 44.8 Å². The SMILES string of the molecule is Cc1nc2sccn2c1CNC1CCN(C2CC2)C1. The molecule has 1 saturated heterocycles. The van der Waals surface area contributed by atoms with Crippen molar-refractivity contribution in [1.82, 2.24) is 19.6 Å². The summed E-state index contributed by atoms with van der Waals surface area (Å²) in [6.45, 7) is 5.56. The van der Waals surface area contributed by atoms with E-state index in [-0.39, 0.29) is 0 Å². The van der Waals surface area contributed by atoms with Crippen LogP contribution in [-0.4, -0.2) is 39.5 Å². The fourth-order valence-electron chi connectivity index (χ4n) is 3.12. The molecule has 2 aromatic rings. The molecule has 1 aliphatic carbocycles. The van der Waals surface area contributed by atoms with Gasteiger partial charge in [0.1, 0.15) is 0 Å². The zero-order chi connectivity index (χ0) is 12.8. The van der Waals surface area contributed by atoms with Crippen LogP contribution in [0, 0.1) is 6.92 Å². The third kappa shape index (κ3) is 2.20. The first-order valence-electron chi connectivity index (χ1n) is 7.20. The first-order chi connectivity index (χ1) is 9.31. The van der Waals surface area contributed by atoms with E-state index in [4.69, 9.17) is 0 Å². The lowest BCUT2D eigenvalue weighted by molar-refractivity contribution is 0.317. The van der Waals surface area contributed by atoms with Crippen LogP contribution in [0.2, 0.25) is 0 Å². The summed E-state index contributed by atoms with van der Waals surface area (Å²) in [5, 5.41) is 5.83. The van der Waals surface area contributed by atoms with Crippen molar-refractivity contribution >= 4 is 16.3 Å². The van der Waals surface area contributed by atoms with Gasteiger partial charge in [-0.25, -0.2) is 4.98 Å². The van der Waals surface area contributed by atoms with E-state index in [2.05, 4.69) is 38.1 Å². The van der Waals surface area contributed by atoms with Crippen molar-refractivity contribution in [3.8, 4) is 0 Å². The fraction of sp³-hybridized carbons (Fsp3) is 0.643. The molecule has 0 aromatic carbocycles. The zero-order valence-electron chi connectivity index (χ0n) is 11.3. The van der Waals surface area contributed by atoms with Gasteiger partial charge in [-0.2, -0.15) is 0 Å². The predicted molar refractivity (Wildman–Crippen MR) is 77.6 cm³/mol. The molecular weight excluding hydrogens is 256 g/mol. The molecule has 4 rings (SSSR count). The van der Waals surface area contributed by atoms with Gasteiger partial charge in [-0.3, -0.25) is 9.30 Å². The lowest BCUT2D eigenvalue weighted by Crippen LogP contribution is -2.33. The number of nitrogens with one attached hydrogen (secondary N) is 1. The monoisotopic (exact) mass is 276 g/mol. The maximum atomic E-state index is 4.60. The number of hydrogen-bond donors (Lipinski definition) is 1. The quantitative estimate of drug-likeness (QED) is 0.927. The molecule has 5 heteroatoms. The van der Waals surface area contributed by atoms with Crippen LogP contribution < -0.4 is 5.32 Å². The minimum atomic E-state index is 0.657. The molecule has 1 aliphatic heterocycles. The Morgan fingerprint density at radius 3 is 3.16 bits per heavy atom. The van der Waals surface area contributed by atoms with E-state index in [1.54, 1.807) is 11.3 Å². The number of thiazole rings is 1. The number of aryl methyl sites for hydroxylation is 1. The first-order valence-corrected chi connectivity index (χ1v) is 8.07. The largest absolute Gasteiger partial charge is 0.307 e. The Morgan fingerprint density at radius 2 is 2.32 bits per heavy atom. The van der Waals surface area contributed by atoms with Crippen LogP contribution in [0.25, 0.3) is 4.96 Å². The first kappa shape index (κ1) is 11.9. The summed E-state index contributed by atoms with van der Waals surface area (Å²) in [5.41, 5.74) is 2.48. The Balaban J connectivity index is 1.41. The van der Waals surface area contributed by atoms with Gasteiger partial charge in [0.25, 0.3) is 0 Å². The Morgan fingerprint density at radius 1 is 1.42 bits per heavy atom. The third-order valence-corrected chi connectivity index (χ3v) is 5.16. The lowest BCUT2D eigenvalue weighted by atomic mass is 10.2. The fourth-order valence-corrected chi connectivity index (χ4v) is 3.90. The van der Waals surface area contributed by atoms with Gasteiger partial charge in [-0.15, -0.1) is 11.3 Å². The highest BCUT2D eigenvalue weighted by Crippen LogP contribution is 2.29. The summed E-state index contributed by atoms with van der Waals surface area (Å²) in [4.78, 5) is 8.37. The van der Waals surface area contributed by atoms with E-state index in [0.717, 1.165) is 23.2 Å². The molecule has 0 bridgehead atoms. The second-order valence-electron chi connectivity index (χ2n) is 5.79. The van der Waals surface area contributed by atoms with Crippen LogP contribution in [0.1, 0.15) is 30.7 Å². The molecule has 0 amide bonds. The van der Waals surface area contributed by atoms with Crippen LogP contribution in [-0.2, 0) is 6.54 Å². The van der Waals surface area contributed by atoms with E-state index in [0.29, 0.717) is 6.04 Å². The summed E-state index contributed by atoms with van der Waals surface area (Å²) in [7, 11) is 0. The number of hydrogen-bond acceptors (Lipinski definition) is 4. The Kier molecular flexibility index (Phi) is 2.86. The van der Waals surface area contributed by atoms with Gasteiger partial charge in [0.2, 0.25) is 0 Å². The molecule has 1 saturated carbocycles. The van der Waals surface area contributed by atoms with Crippen molar-refractivity contribution in [1.29, 1.82) is 0 Å². The summed E-state index contributed by atoms with van der Waals surface area (Å²) in [6.07, 6.45) is 6.26. The van der Waals surface area contributed by atoms with Gasteiger partial charge >= 0.3 is 0 Å². The number of likely N-dealkylation sites (tertiary alicyclic amines) is 1. The molecule has 3 heterocycles. The minimum absolute atomic E-state index is 0.657. The van der Waals surface area contributed by atoms with E-state index in [9.17, 15) is 0 Å². The maximum Gasteiger partial charge on any atom is 0.194 e. The standard InChI is InChI=1S/C14H20N4S/c1-10-13(18-6-7-19-14(18)16-10)8-15-11-4-5-17(9-11)12-2-3-12/h6-7,11-12,15H,2-5,8-9H2,1H3. The minimum Gasteiger partial charge on any atom is -0.307 e. The molecular formula is C14H20N4S. The van der Waals surface area contributed by atoms with Gasteiger partial charge < -0.3 is 5.32 Å². The molecule has 0 spiro atoms. The van der Waals surface area contributed by atoms with E-state index < -0.39 is 0 Å². The van der Waals surface area contributed by atoms with Crippen molar-refractivity contribution in [3.63, 3.8) is 0 Å². The highest BCUT2D eigenvalue weighted by atomic mass is 32.1. The van der Waals surface area contributed by atoms with Gasteiger partial charge in [0.15, 0.2) is 4.96 Å². The van der Waals surface area contributed by atoms with Crippen LogP contribution in [0.3, 0.4) is 0 Å². The Bertz CT molecular complexity index is 583. The summed E-state index contributed by atoms with van der Waals surface area (Å²) < 4.78 is 2.22. The van der Waals surface area contributed by atoms with Gasteiger partial charge in [0, 0.05) is 43.3 Å². The number of rotatable bonds is 4. The molecule has 1 atom stereocenters. The number of imidazole rings is 1. The number of aromatic nitrogens is 2. The van der Waals surface area contributed by atoms with E-state index >= 15 is 0 Å². The van der Waals surface area contributed by atoms with E-state index in [1.807, 2.05) is 0 Å². The van der Waals surface area contributed by atoms with Gasteiger partial charge in [-0.05, 0) is 26.2 Å². The average Bonchev–Trinajstić information content (AvgIpc) is 2.84. The summed E-state index contributed by atoms with van der Waals surface area (Å²) in [6, 6.07) is 1.57. The third-order valence-electron chi connectivity index (χ3n) is 4.40. The Hall–Kier alpha value is -0.910. The van der Waals surface area contributed by atoms with Gasteiger partial charge in [-0.1, -0.05) is 0 Å². The molecule has 1 unspecified atom stereocenters.